The van der Waals surface area contributed by atoms with E-state index in [0.29, 0.717) is 11.3 Å². The molecule has 0 radical (unpaired) electrons. The van der Waals surface area contributed by atoms with Crippen LogP contribution >= 0.6 is 0 Å². The minimum atomic E-state index is -3.86. The van der Waals surface area contributed by atoms with Gasteiger partial charge in [-0.2, -0.15) is 0 Å². The van der Waals surface area contributed by atoms with E-state index in [0.717, 1.165) is 48.3 Å². The summed E-state index contributed by atoms with van der Waals surface area (Å²) in [5.74, 6) is -1.33. The van der Waals surface area contributed by atoms with Crippen molar-refractivity contribution in [2.24, 2.45) is 11.8 Å². The van der Waals surface area contributed by atoms with Gasteiger partial charge in [0.25, 0.3) is 0 Å². The molecule has 250 valence electrons. The van der Waals surface area contributed by atoms with Crippen LogP contribution in [0, 0.1) is 11.8 Å². The molecule has 0 spiro atoms. The van der Waals surface area contributed by atoms with E-state index >= 15 is 0 Å². The molecule has 0 saturated heterocycles. The quantitative estimate of drug-likeness (QED) is 0.216. The lowest BCUT2D eigenvalue weighted by molar-refractivity contribution is -0.130. The van der Waals surface area contributed by atoms with Gasteiger partial charge in [0.15, 0.2) is 0 Å². The number of carbonyl (C=O) groups excluding carboxylic acids is 2. The third kappa shape index (κ3) is 10.4. The molecule has 1 fully saturated rings. The van der Waals surface area contributed by atoms with Crippen molar-refractivity contribution in [3.63, 3.8) is 0 Å². The average Bonchev–Trinajstić information content (AvgIpc) is 2.99. The highest BCUT2D eigenvalue weighted by molar-refractivity contribution is 7.89. The number of aliphatic hydroxyl groups excluding tert-OH is 1. The number of hydrogen-bond acceptors (Lipinski definition) is 6. The van der Waals surface area contributed by atoms with Crippen molar-refractivity contribution in [2.75, 3.05) is 12.0 Å². The number of aliphatic hydroxyl groups is 1. The molecule has 3 aromatic rings. The van der Waals surface area contributed by atoms with E-state index in [1.807, 2.05) is 81.4 Å². The fourth-order valence-corrected chi connectivity index (χ4v) is 8.45. The second-order valence-corrected chi connectivity index (χ2v) is 16.7. The van der Waals surface area contributed by atoms with Crippen LogP contribution in [0.4, 0.5) is 0 Å². The molecule has 1 aliphatic carbocycles. The Morgan fingerprint density at radius 3 is 2.30 bits per heavy atom. The second kappa shape index (κ2) is 15.6. The van der Waals surface area contributed by atoms with Gasteiger partial charge in [0.05, 0.1) is 35.0 Å². The van der Waals surface area contributed by atoms with Crippen LogP contribution < -0.4 is 15.4 Å². The van der Waals surface area contributed by atoms with E-state index in [1.165, 1.54) is 0 Å². The maximum absolute atomic E-state index is 13.8. The molecule has 1 aliphatic rings. The fourth-order valence-electron chi connectivity index (χ4n) is 6.26. The lowest BCUT2D eigenvalue weighted by atomic mass is 9.74. The van der Waals surface area contributed by atoms with Crippen molar-refractivity contribution in [3.05, 3.63) is 78.4 Å². The molecule has 11 heteroatoms. The lowest BCUT2D eigenvalue weighted by Crippen LogP contribution is -2.55. The van der Waals surface area contributed by atoms with Crippen LogP contribution in [0.3, 0.4) is 0 Å². The Labute approximate surface area is 275 Å². The lowest BCUT2D eigenvalue weighted by Gasteiger charge is -2.36. The molecule has 2 amide bonds. The standard InChI is InChI=1S/C35H47N3O6S2/c1-35(2,3)37-33(40)28-19-11-9-16-26(28)22-31(39)29(21-24-13-6-5-7-14-24)36-34(41)30(38-46(4,43)44)23-45(42)32-20-12-17-25-15-8-10-18-27(25)32/h5-8,10,12-15,17-18,20,26,28-31,38-39H,9,11,16,19,21-23H2,1-4H3,(H,36,41)(H,37,40). The van der Waals surface area contributed by atoms with E-state index in [4.69, 9.17) is 0 Å². The SMILES string of the molecule is CC(C)(C)NC(=O)C1CCCCC1CC(O)C(Cc1ccccc1)NC(=O)C(CS(=O)c1cccc2ccccc12)NS(C)(=O)=O. The minimum Gasteiger partial charge on any atom is -0.391 e. The third-order valence-electron chi connectivity index (χ3n) is 8.36. The van der Waals surface area contributed by atoms with Gasteiger partial charge in [0.2, 0.25) is 21.8 Å². The summed E-state index contributed by atoms with van der Waals surface area (Å²) in [5, 5.41) is 19.3. The van der Waals surface area contributed by atoms with Gasteiger partial charge in [-0.15, -0.1) is 0 Å². The summed E-state index contributed by atoms with van der Waals surface area (Å²) < 4.78 is 40.8. The first-order chi connectivity index (χ1) is 21.7. The Bertz CT molecular complexity index is 1620. The molecule has 1 saturated carbocycles. The maximum Gasteiger partial charge on any atom is 0.239 e. The van der Waals surface area contributed by atoms with Gasteiger partial charge in [0, 0.05) is 16.4 Å². The molecule has 0 heterocycles. The van der Waals surface area contributed by atoms with Crippen molar-refractivity contribution < 1.29 is 27.3 Å². The van der Waals surface area contributed by atoms with Crippen molar-refractivity contribution in [3.8, 4) is 0 Å². The number of amides is 2. The average molecular weight is 670 g/mol. The Morgan fingerprint density at radius 2 is 1.61 bits per heavy atom. The van der Waals surface area contributed by atoms with Gasteiger partial charge in [-0.1, -0.05) is 79.6 Å². The first kappa shape index (κ1) is 35.7. The Balaban J connectivity index is 1.57. The van der Waals surface area contributed by atoms with Crippen LogP contribution in [0.15, 0.2) is 77.7 Å². The molecule has 4 N–H and O–H groups in total. The third-order valence-corrected chi connectivity index (χ3v) is 10.6. The number of hydrogen-bond donors (Lipinski definition) is 4. The van der Waals surface area contributed by atoms with Crippen LogP contribution in [-0.4, -0.2) is 65.3 Å². The molecular weight excluding hydrogens is 623 g/mol. The van der Waals surface area contributed by atoms with Gasteiger partial charge in [0.1, 0.15) is 6.04 Å². The molecule has 6 atom stereocenters. The summed E-state index contributed by atoms with van der Waals surface area (Å²) in [4.78, 5) is 27.5. The van der Waals surface area contributed by atoms with Gasteiger partial charge in [-0.05, 0) is 74.8 Å². The Morgan fingerprint density at radius 1 is 0.957 bits per heavy atom. The smallest absolute Gasteiger partial charge is 0.239 e. The summed E-state index contributed by atoms with van der Waals surface area (Å²) in [7, 11) is -5.59. The van der Waals surface area contributed by atoms with Crippen molar-refractivity contribution in [1.82, 2.24) is 15.4 Å². The zero-order valence-electron chi connectivity index (χ0n) is 27.1. The number of benzene rings is 3. The molecule has 0 aromatic heterocycles. The normalized spacial score (nSPS) is 19.9. The molecule has 46 heavy (non-hydrogen) atoms. The molecule has 4 rings (SSSR count). The Hall–Kier alpha value is -3.12. The van der Waals surface area contributed by atoms with Gasteiger partial charge in [-0.3, -0.25) is 13.8 Å². The monoisotopic (exact) mass is 669 g/mol. The predicted molar refractivity (Wildman–Crippen MR) is 183 cm³/mol. The first-order valence-corrected chi connectivity index (χ1v) is 19.1. The highest BCUT2D eigenvalue weighted by Gasteiger charge is 2.36. The van der Waals surface area contributed by atoms with Crippen molar-refractivity contribution in [2.45, 2.75) is 87.9 Å². The number of carbonyl (C=O) groups is 2. The van der Waals surface area contributed by atoms with Crippen molar-refractivity contribution in [1.29, 1.82) is 0 Å². The van der Waals surface area contributed by atoms with Crippen LogP contribution in [-0.2, 0) is 36.8 Å². The van der Waals surface area contributed by atoms with E-state index < -0.39 is 44.9 Å². The van der Waals surface area contributed by atoms with Gasteiger partial charge >= 0.3 is 0 Å². The summed E-state index contributed by atoms with van der Waals surface area (Å²) in [6, 6.07) is 20.1. The molecular formula is C35H47N3O6S2. The maximum atomic E-state index is 13.8. The summed E-state index contributed by atoms with van der Waals surface area (Å²) in [6.45, 7) is 5.83. The van der Waals surface area contributed by atoms with Crippen molar-refractivity contribution >= 4 is 43.4 Å². The summed E-state index contributed by atoms with van der Waals surface area (Å²) >= 11 is 0. The molecule has 0 bridgehead atoms. The molecule has 3 aromatic carbocycles. The summed E-state index contributed by atoms with van der Waals surface area (Å²) in [6.07, 6.45) is 3.93. The van der Waals surface area contributed by atoms with E-state index in [2.05, 4.69) is 15.4 Å². The van der Waals surface area contributed by atoms with E-state index in [1.54, 1.807) is 12.1 Å². The topological polar surface area (TPSA) is 142 Å². The van der Waals surface area contributed by atoms with Crippen LogP contribution in [0.25, 0.3) is 10.8 Å². The number of rotatable bonds is 13. The van der Waals surface area contributed by atoms with E-state index in [9.17, 15) is 27.3 Å². The first-order valence-electron chi connectivity index (χ1n) is 15.9. The van der Waals surface area contributed by atoms with E-state index in [-0.39, 0.29) is 35.5 Å². The Kier molecular flexibility index (Phi) is 12.2. The summed E-state index contributed by atoms with van der Waals surface area (Å²) in [5.41, 5.74) is 0.499. The zero-order chi connectivity index (χ0) is 33.5. The molecule has 0 aliphatic heterocycles. The predicted octanol–water partition coefficient (Wildman–Crippen LogP) is 4.06. The fraction of sp³-hybridized carbons (Fsp3) is 0.486. The second-order valence-electron chi connectivity index (χ2n) is 13.4. The van der Waals surface area contributed by atoms with Crippen LogP contribution in [0.2, 0.25) is 0 Å². The van der Waals surface area contributed by atoms with Crippen LogP contribution in [0.1, 0.15) is 58.4 Å². The van der Waals surface area contributed by atoms with Gasteiger partial charge in [-0.25, -0.2) is 13.1 Å². The molecule has 6 unspecified atom stereocenters. The zero-order valence-corrected chi connectivity index (χ0v) is 28.7. The highest BCUT2D eigenvalue weighted by atomic mass is 32.2. The molecule has 9 nitrogen and oxygen atoms in total. The minimum absolute atomic E-state index is 0.0265. The van der Waals surface area contributed by atoms with Crippen LogP contribution in [0.5, 0.6) is 0 Å². The van der Waals surface area contributed by atoms with Gasteiger partial charge < -0.3 is 15.7 Å². The number of sulfonamides is 1. The number of fused-ring (bicyclic) bond motifs is 1. The highest BCUT2D eigenvalue weighted by Crippen LogP contribution is 2.34. The largest absolute Gasteiger partial charge is 0.391 e. The number of nitrogens with one attached hydrogen (secondary N) is 3.